The Hall–Kier alpha value is -2.12. The minimum atomic E-state index is -0.0564. The maximum Gasteiger partial charge on any atom is 0.317 e. The van der Waals surface area contributed by atoms with Crippen molar-refractivity contribution in [1.82, 2.24) is 15.2 Å². The van der Waals surface area contributed by atoms with Gasteiger partial charge in [0, 0.05) is 37.4 Å². The topological polar surface area (TPSA) is 63.7 Å². The molecule has 0 saturated carbocycles. The van der Waals surface area contributed by atoms with Crippen LogP contribution in [0.1, 0.15) is 17.7 Å². The Bertz CT molecular complexity index is 713. The van der Waals surface area contributed by atoms with Gasteiger partial charge in [-0.3, -0.25) is 0 Å². The first-order valence-electron chi connectivity index (χ1n) is 8.35. The molecule has 6 nitrogen and oxygen atoms in total. The number of rotatable bonds is 5. The molecule has 0 bridgehead atoms. The molecule has 1 aliphatic heterocycles. The van der Waals surface area contributed by atoms with Gasteiger partial charge in [-0.25, -0.2) is 9.78 Å². The summed E-state index contributed by atoms with van der Waals surface area (Å²) in [5, 5.41) is 3.86. The van der Waals surface area contributed by atoms with E-state index in [0.717, 1.165) is 47.3 Å². The van der Waals surface area contributed by atoms with Gasteiger partial charge in [-0.05, 0) is 25.0 Å². The predicted octanol–water partition coefficient (Wildman–Crippen LogP) is 3.14. The summed E-state index contributed by atoms with van der Waals surface area (Å²) in [6.45, 7) is 1.91. The molecule has 25 heavy (non-hydrogen) atoms. The van der Waals surface area contributed by atoms with Crippen molar-refractivity contribution in [1.29, 1.82) is 0 Å². The van der Waals surface area contributed by atoms with Crippen molar-refractivity contribution in [2.24, 2.45) is 0 Å². The molecule has 2 amide bonds. The number of amides is 2. The second-order valence-corrected chi connectivity index (χ2v) is 7.06. The molecule has 2 aromatic rings. The molecule has 3 rings (SSSR count). The molecule has 0 atom stereocenters. The number of aromatic nitrogens is 1. The number of carbonyl (C=O) groups excluding carboxylic acids is 1. The molecule has 0 aliphatic carbocycles. The average Bonchev–Trinajstić information content (AvgIpc) is 3.15. The molecule has 7 heteroatoms. The van der Waals surface area contributed by atoms with E-state index in [1.807, 2.05) is 31.3 Å². The molecule has 1 aliphatic rings. The van der Waals surface area contributed by atoms with Crippen LogP contribution in [0.5, 0.6) is 5.75 Å². The van der Waals surface area contributed by atoms with Gasteiger partial charge in [-0.15, -0.1) is 11.3 Å². The van der Waals surface area contributed by atoms with E-state index in [1.54, 1.807) is 29.5 Å². The number of urea groups is 1. The number of hydrogen-bond acceptors (Lipinski definition) is 5. The molecule has 134 valence electrons. The maximum absolute atomic E-state index is 12.3. The summed E-state index contributed by atoms with van der Waals surface area (Å²) in [6.07, 6.45) is 3.59. The van der Waals surface area contributed by atoms with Gasteiger partial charge in [0.25, 0.3) is 0 Å². The zero-order valence-corrected chi connectivity index (χ0v) is 15.3. The van der Waals surface area contributed by atoms with E-state index in [2.05, 4.69) is 10.3 Å². The Morgan fingerprint density at radius 2 is 2.16 bits per heavy atom. The standard InChI is InChI=1S/C18H23N3O3S/c1-21(13-7-9-24-10-8-13)18(22)20-12-14-11-19-17(25-14)15-5-3-4-6-16(15)23-2/h3-6,11,13H,7-10,12H2,1-2H3,(H,20,22). The highest BCUT2D eigenvalue weighted by molar-refractivity contribution is 7.15. The van der Waals surface area contributed by atoms with Gasteiger partial charge in [0.05, 0.1) is 19.2 Å². The minimum absolute atomic E-state index is 0.0564. The second-order valence-electron chi connectivity index (χ2n) is 5.95. The van der Waals surface area contributed by atoms with Crippen molar-refractivity contribution >= 4 is 17.4 Å². The van der Waals surface area contributed by atoms with Gasteiger partial charge < -0.3 is 19.7 Å². The quantitative estimate of drug-likeness (QED) is 0.889. The number of hydrogen-bond donors (Lipinski definition) is 1. The summed E-state index contributed by atoms with van der Waals surface area (Å²) < 4.78 is 10.7. The molecule has 1 fully saturated rings. The highest BCUT2D eigenvalue weighted by atomic mass is 32.1. The third-order valence-corrected chi connectivity index (χ3v) is 5.39. The zero-order chi connectivity index (χ0) is 17.6. The van der Waals surface area contributed by atoms with Crippen molar-refractivity contribution in [3.05, 3.63) is 35.3 Å². The van der Waals surface area contributed by atoms with Gasteiger partial charge in [0.1, 0.15) is 10.8 Å². The molecule has 2 heterocycles. The van der Waals surface area contributed by atoms with E-state index < -0.39 is 0 Å². The predicted molar refractivity (Wildman–Crippen MR) is 97.9 cm³/mol. The van der Waals surface area contributed by atoms with Crippen LogP contribution in [0.15, 0.2) is 30.5 Å². The van der Waals surface area contributed by atoms with Crippen molar-refractivity contribution in [2.75, 3.05) is 27.4 Å². The number of thiazole rings is 1. The lowest BCUT2D eigenvalue weighted by molar-refractivity contribution is 0.0525. The minimum Gasteiger partial charge on any atom is -0.496 e. The Balaban J connectivity index is 1.59. The molecule has 0 radical (unpaired) electrons. The van der Waals surface area contributed by atoms with Crippen LogP contribution in [0, 0.1) is 0 Å². The number of carbonyl (C=O) groups is 1. The van der Waals surface area contributed by atoms with Crippen LogP contribution in [0.25, 0.3) is 10.6 Å². The molecule has 1 aromatic heterocycles. The summed E-state index contributed by atoms with van der Waals surface area (Å²) in [4.78, 5) is 19.6. The number of benzene rings is 1. The lowest BCUT2D eigenvalue weighted by atomic mass is 10.1. The lowest BCUT2D eigenvalue weighted by Crippen LogP contribution is -2.45. The largest absolute Gasteiger partial charge is 0.496 e. The van der Waals surface area contributed by atoms with Crippen molar-refractivity contribution in [3.63, 3.8) is 0 Å². The summed E-state index contributed by atoms with van der Waals surface area (Å²) in [6, 6.07) is 7.99. The number of ether oxygens (including phenoxy) is 2. The third kappa shape index (κ3) is 4.29. The lowest BCUT2D eigenvalue weighted by Gasteiger charge is -2.31. The van der Waals surface area contributed by atoms with Crippen LogP contribution in [-0.4, -0.2) is 49.3 Å². The average molecular weight is 361 g/mol. The number of nitrogens with zero attached hydrogens (tertiary/aromatic N) is 2. The molecular formula is C18H23N3O3S. The van der Waals surface area contributed by atoms with E-state index in [-0.39, 0.29) is 12.1 Å². The molecule has 0 spiro atoms. The van der Waals surface area contributed by atoms with Crippen molar-refractivity contribution in [2.45, 2.75) is 25.4 Å². The van der Waals surface area contributed by atoms with Crippen LogP contribution in [0.2, 0.25) is 0 Å². The van der Waals surface area contributed by atoms with Crippen LogP contribution < -0.4 is 10.1 Å². The van der Waals surface area contributed by atoms with E-state index in [0.29, 0.717) is 6.54 Å². The van der Waals surface area contributed by atoms with Crippen LogP contribution in [-0.2, 0) is 11.3 Å². The van der Waals surface area contributed by atoms with Crippen molar-refractivity contribution < 1.29 is 14.3 Å². The molecule has 1 saturated heterocycles. The fourth-order valence-electron chi connectivity index (χ4n) is 2.86. The number of para-hydroxylation sites is 1. The first kappa shape index (κ1) is 17.7. The maximum atomic E-state index is 12.3. The summed E-state index contributed by atoms with van der Waals surface area (Å²) in [5.74, 6) is 0.798. The normalized spacial score (nSPS) is 15.0. The number of methoxy groups -OCH3 is 1. The Morgan fingerprint density at radius 3 is 2.92 bits per heavy atom. The summed E-state index contributed by atoms with van der Waals surface area (Å²) in [7, 11) is 3.50. The third-order valence-electron chi connectivity index (χ3n) is 4.36. The van der Waals surface area contributed by atoms with E-state index in [1.165, 1.54) is 0 Å². The first-order chi connectivity index (χ1) is 12.2. The highest BCUT2D eigenvalue weighted by Crippen LogP contribution is 2.32. The fourth-order valence-corrected chi connectivity index (χ4v) is 3.74. The molecule has 0 unspecified atom stereocenters. The van der Waals surface area contributed by atoms with Gasteiger partial charge in [0.2, 0.25) is 0 Å². The summed E-state index contributed by atoms with van der Waals surface area (Å²) >= 11 is 1.56. The van der Waals surface area contributed by atoms with E-state index in [4.69, 9.17) is 9.47 Å². The molecule has 1 N–H and O–H groups in total. The van der Waals surface area contributed by atoms with Crippen molar-refractivity contribution in [3.8, 4) is 16.3 Å². The highest BCUT2D eigenvalue weighted by Gasteiger charge is 2.22. The van der Waals surface area contributed by atoms with Crippen LogP contribution in [0.3, 0.4) is 0 Å². The van der Waals surface area contributed by atoms with Crippen LogP contribution >= 0.6 is 11.3 Å². The molecular weight excluding hydrogens is 338 g/mol. The van der Waals surface area contributed by atoms with E-state index >= 15 is 0 Å². The molecule has 1 aromatic carbocycles. The summed E-state index contributed by atoms with van der Waals surface area (Å²) in [5.41, 5.74) is 0.965. The van der Waals surface area contributed by atoms with Gasteiger partial charge >= 0.3 is 6.03 Å². The number of nitrogens with one attached hydrogen (secondary N) is 1. The Kier molecular flexibility index (Phi) is 5.88. The SMILES string of the molecule is COc1ccccc1-c1ncc(CNC(=O)N(C)C2CCOCC2)s1. The fraction of sp³-hybridized carbons (Fsp3) is 0.444. The van der Waals surface area contributed by atoms with Gasteiger partial charge in [0.15, 0.2) is 0 Å². The van der Waals surface area contributed by atoms with Gasteiger partial charge in [-0.2, -0.15) is 0 Å². The van der Waals surface area contributed by atoms with Crippen LogP contribution in [0.4, 0.5) is 4.79 Å². The smallest absolute Gasteiger partial charge is 0.317 e. The zero-order valence-electron chi connectivity index (χ0n) is 14.5. The Labute approximate surface area is 151 Å². The second kappa shape index (κ2) is 8.31. The van der Waals surface area contributed by atoms with Gasteiger partial charge in [-0.1, -0.05) is 12.1 Å². The van der Waals surface area contributed by atoms with E-state index in [9.17, 15) is 4.79 Å². The Morgan fingerprint density at radius 1 is 1.40 bits per heavy atom. The monoisotopic (exact) mass is 361 g/mol. The first-order valence-corrected chi connectivity index (χ1v) is 9.17.